The highest BCUT2D eigenvalue weighted by Crippen LogP contribution is 2.21. The van der Waals surface area contributed by atoms with E-state index in [-0.39, 0.29) is 5.78 Å². The standard InChI is InChI=1S/C15H14ClNO2/c1-2-12(18)15-13(8-9-14(16)17-15)19-10-11-6-4-3-5-7-11/h3-9H,2,10H2,1H3. The molecule has 0 atom stereocenters. The molecule has 0 saturated carbocycles. The van der Waals surface area contributed by atoms with Gasteiger partial charge in [-0.3, -0.25) is 4.79 Å². The largest absolute Gasteiger partial charge is 0.487 e. The molecular formula is C15H14ClNO2. The zero-order chi connectivity index (χ0) is 13.7. The average Bonchev–Trinajstić information content (AvgIpc) is 2.46. The smallest absolute Gasteiger partial charge is 0.184 e. The molecule has 0 saturated heterocycles. The Labute approximate surface area is 117 Å². The van der Waals surface area contributed by atoms with Crippen LogP contribution in [-0.2, 0) is 6.61 Å². The number of carbonyl (C=O) groups is 1. The van der Waals surface area contributed by atoms with Crippen LogP contribution in [0.3, 0.4) is 0 Å². The molecule has 1 heterocycles. The first-order chi connectivity index (χ1) is 9.20. The van der Waals surface area contributed by atoms with Gasteiger partial charge in [-0.05, 0) is 17.7 Å². The van der Waals surface area contributed by atoms with E-state index >= 15 is 0 Å². The number of ketones is 1. The fraction of sp³-hybridized carbons (Fsp3) is 0.200. The van der Waals surface area contributed by atoms with Crippen molar-refractivity contribution in [2.45, 2.75) is 20.0 Å². The summed E-state index contributed by atoms with van der Waals surface area (Å²) < 4.78 is 5.66. The molecule has 0 radical (unpaired) electrons. The summed E-state index contributed by atoms with van der Waals surface area (Å²) in [7, 11) is 0. The molecule has 3 nitrogen and oxygen atoms in total. The lowest BCUT2D eigenvalue weighted by Gasteiger charge is -2.10. The van der Waals surface area contributed by atoms with E-state index in [1.54, 1.807) is 19.1 Å². The van der Waals surface area contributed by atoms with Gasteiger partial charge in [0.05, 0.1) is 0 Å². The fourth-order valence-corrected chi connectivity index (χ4v) is 1.79. The Morgan fingerprint density at radius 1 is 1.21 bits per heavy atom. The van der Waals surface area contributed by atoms with Gasteiger partial charge in [0.25, 0.3) is 0 Å². The quantitative estimate of drug-likeness (QED) is 0.613. The second-order valence-corrected chi connectivity index (χ2v) is 4.42. The van der Waals surface area contributed by atoms with E-state index in [2.05, 4.69) is 4.98 Å². The molecule has 98 valence electrons. The Kier molecular flexibility index (Phi) is 4.53. The highest BCUT2D eigenvalue weighted by atomic mass is 35.5. The lowest BCUT2D eigenvalue weighted by molar-refractivity contribution is 0.0978. The minimum atomic E-state index is -0.0782. The molecule has 1 aromatic heterocycles. The van der Waals surface area contributed by atoms with Crippen molar-refractivity contribution in [3.63, 3.8) is 0 Å². The van der Waals surface area contributed by atoms with E-state index in [0.717, 1.165) is 5.56 Å². The van der Waals surface area contributed by atoms with Crippen LogP contribution in [0.2, 0.25) is 5.15 Å². The van der Waals surface area contributed by atoms with E-state index in [4.69, 9.17) is 16.3 Å². The second kappa shape index (κ2) is 6.34. The van der Waals surface area contributed by atoms with Crippen LogP contribution in [0.4, 0.5) is 0 Å². The van der Waals surface area contributed by atoms with Crippen molar-refractivity contribution >= 4 is 17.4 Å². The molecule has 0 fully saturated rings. The molecule has 0 spiro atoms. The third kappa shape index (κ3) is 3.55. The highest BCUT2D eigenvalue weighted by Gasteiger charge is 2.13. The first-order valence-electron chi connectivity index (χ1n) is 6.07. The van der Waals surface area contributed by atoms with Crippen molar-refractivity contribution in [3.05, 3.63) is 58.9 Å². The third-order valence-electron chi connectivity index (χ3n) is 2.65. The van der Waals surface area contributed by atoms with Crippen LogP contribution in [0.1, 0.15) is 29.4 Å². The van der Waals surface area contributed by atoms with Gasteiger partial charge < -0.3 is 4.74 Å². The first kappa shape index (κ1) is 13.6. The number of aromatic nitrogens is 1. The molecule has 0 aliphatic heterocycles. The average molecular weight is 276 g/mol. The monoisotopic (exact) mass is 275 g/mol. The van der Waals surface area contributed by atoms with Gasteiger partial charge in [0.1, 0.15) is 23.2 Å². The molecule has 0 amide bonds. The number of Topliss-reactive ketones (excluding diaryl/α,β-unsaturated/α-hetero) is 1. The molecule has 2 aromatic rings. The molecule has 0 bridgehead atoms. The normalized spacial score (nSPS) is 10.2. The molecule has 4 heteroatoms. The predicted molar refractivity (Wildman–Crippen MR) is 74.6 cm³/mol. The Morgan fingerprint density at radius 3 is 2.63 bits per heavy atom. The number of ether oxygens (including phenoxy) is 1. The molecular weight excluding hydrogens is 262 g/mol. The van der Waals surface area contributed by atoms with E-state index in [1.807, 2.05) is 30.3 Å². The van der Waals surface area contributed by atoms with Crippen LogP contribution in [0, 0.1) is 0 Å². The van der Waals surface area contributed by atoms with Gasteiger partial charge in [-0.2, -0.15) is 0 Å². The van der Waals surface area contributed by atoms with Crippen molar-refractivity contribution in [2.24, 2.45) is 0 Å². The molecule has 0 aliphatic carbocycles. The lowest BCUT2D eigenvalue weighted by Crippen LogP contribution is -2.06. The van der Waals surface area contributed by atoms with E-state index in [0.29, 0.717) is 29.6 Å². The van der Waals surface area contributed by atoms with Crippen LogP contribution < -0.4 is 4.74 Å². The molecule has 0 N–H and O–H groups in total. The molecule has 0 unspecified atom stereocenters. The summed E-state index contributed by atoms with van der Waals surface area (Å²) in [6.45, 7) is 2.18. The van der Waals surface area contributed by atoms with Gasteiger partial charge in [0, 0.05) is 6.42 Å². The van der Waals surface area contributed by atoms with Crippen molar-refractivity contribution in [1.82, 2.24) is 4.98 Å². The number of benzene rings is 1. The van der Waals surface area contributed by atoms with E-state index in [1.165, 1.54) is 0 Å². The topological polar surface area (TPSA) is 39.2 Å². The Bertz CT molecular complexity index is 570. The number of pyridine rings is 1. The maximum absolute atomic E-state index is 11.8. The number of carbonyl (C=O) groups excluding carboxylic acids is 1. The first-order valence-corrected chi connectivity index (χ1v) is 6.45. The Hall–Kier alpha value is -1.87. The van der Waals surface area contributed by atoms with Gasteiger partial charge in [-0.25, -0.2) is 4.98 Å². The van der Waals surface area contributed by atoms with Gasteiger partial charge in [-0.1, -0.05) is 48.9 Å². The second-order valence-electron chi connectivity index (χ2n) is 4.03. The van der Waals surface area contributed by atoms with Crippen LogP contribution in [0.25, 0.3) is 0 Å². The number of rotatable bonds is 5. The van der Waals surface area contributed by atoms with Gasteiger partial charge in [0.2, 0.25) is 0 Å². The predicted octanol–water partition coefficient (Wildman–Crippen LogP) is 3.91. The Balaban J connectivity index is 2.18. The lowest BCUT2D eigenvalue weighted by atomic mass is 10.2. The zero-order valence-corrected chi connectivity index (χ0v) is 11.4. The van der Waals surface area contributed by atoms with Crippen molar-refractivity contribution in [3.8, 4) is 5.75 Å². The molecule has 19 heavy (non-hydrogen) atoms. The van der Waals surface area contributed by atoms with Gasteiger partial charge in [-0.15, -0.1) is 0 Å². The van der Waals surface area contributed by atoms with Crippen LogP contribution in [0.15, 0.2) is 42.5 Å². The molecule has 0 aliphatic rings. The molecule has 1 aromatic carbocycles. The van der Waals surface area contributed by atoms with Crippen molar-refractivity contribution in [2.75, 3.05) is 0 Å². The minimum Gasteiger partial charge on any atom is -0.487 e. The maximum atomic E-state index is 11.8. The third-order valence-corrected chi connectivity index (χ3v) is 2.86. The highest BCUT2D eigenvalue weighted by molar-refractivity contribution is 6.29. The fourth-order valence-electron chi connectivity index (χ4n) is 1.64. The number of hydrogen-bond donors (Lipinski definition) is 0. The van der Waals surface area contributed by atoms with Crippen LogP contribution in [-0.4, -0.2) is 10.8 Å². The van der Waals surface area contributed by atoms with Crippen molar-refractivity contribution in [1.29, 1.82) is 0 Å². The summed E-state index contributed by atoms with van der Waals surface area (Å²) in [5.41, 5.74) is 1.33. The maximum Gasteiger partial charge on any atom is 0.184 e. The van der Waals surface area contributed by atoms with Gasteiger partial charge >= 0.3 is 0 Å². The summed E-state index contributed by atoms with van der Waals surface area (Å²) in [5.74, 6) is 0.394. The summed E-state index contributed by atoms with van der Waals surface area (Å²) in [6.07, 6.45) is 0.370. The SMILES string of the molecule is CCC(=O)c1nc(Cl)ccc1OCc1ccccc1. The minimum absolute atomic E-state index is 0.0782. The van der Waals surface area contributed by atoms with Gasteiger partial charge in [0.15, 0.2) is 5.78 Å². The van der Waals surface area contributed by atoms with E-state index < -0.39 is 0 Å². The van der Waals surface area contributed by atoms with Crippen LogP contribution >= 0.6 is 11.6 Å². The number of halogens is 1. The van der Waals surface area contributed by atoms with Crippen molar-refractivity contribution < 1.29 is 9.53 Å². The van der Waals surface area contributed by atoms with Crippen LogP contribution in [0.5, 0.6) is 5.75 Å². The number of nitrogens with zero attached hydrogens (tertiary/aromatic N) is 1. The van der Waals surface area contributed by atoms with E-state index in [9.17, 15) is 4.79 Å². The zero-order valence-electron chi connectivity index (χ0n) is 10.6. The summed E-state index contributed by atoms with van der Waals surface area (Å²) in [5, 5.41) is 0.295. The summed E-state index contributed by atoms with van der Waals surface area (Å²) >= 11 is 5.82. The summed E-state index contributed by atoms with van der Waals surface area (Å²) in [4.78, 5) is 15.8. The number of hydrogen-bond acceptors (Lipinski definition) is 3. The Morgan fingerprint density at radius 2 is 1.95 bits per heavy atom. The summed E-state index contributed by atoms with van der Waals surface area (Å²) in [6, 6.07) is 13.1. The molecule has 2 rings (SSSR count).